The second-order valence-corrected chi connectivity index (χ2v) is 6.01. The minimum atomic E-state index is -0.129. The van der Waals surface area contributed by atoms with E-state index in [0.29, 0.717) is 18.7 Å². The van der Waals surface area contributed by atoms with Crippen molar-refractivity contribution in [1.82, 2.24) is 16.0 Å². The van der Waals surface area contributed by atoms with Crippen molar-refractivity contribution in [3.8, 4) is 0 Å². The molecule has 0 spiro atoms. The van der Waals surface area contributed by atoms with Gasteiger partial charge in [0.25, 0.3) is 5.91 Å². The molecule has 22 heavy (non-hydrogen) atoms. The lowest BCUT2D eigenvalue weighted by atomic mass is 9.99. The Morgan fingerprint density at radius 3 is 2.50 bits per heavy atom. The molecular weight excluding hydrogens is 370 g/mol. The predicted octanol–water partition coefficient (Wildman–Crippen LogP) is 1.72. The third-order valence-electron chi connectivity index (χ3n) is 3.48. The number of rotatable bonds is 5. The summed E-state index contributed by atoms with van der Waals surface area (Å²) >= 11 is 3.33. The minimum absolute atomic E-state index is 0. The van der Waals surface area contributed by atoms with Crippen molar-refractivity contribution in [1.29, 1.82) is 0 Å². The lowest BCUT2D eigenvalue weighted by Gasteiger charge is -2.21. The monoisotopic (exact) mass is 389 g/mol. The van der Waals surface area contributed by atoms with E-state index in [4.69, 9.17) is 0 Å². The summed E-state index contributed by atoms with van der Waals surface area (Å²) in [7, 11) is 0. The summed E-state index contributed by atoms with van der Waals surface area (Å²) in [5.74, 6) is -0.00269. The molecule has 0 aliphatic carbocycles. The summed E-state index contributed by atoms with van der Waals surface area (Å²) < 4.78 is 0.937. The molecule has 1 aromatic carbocycles. The van der Waals surface area contributed by atoms with Gasteiger partial charge in [0.05, 0.1) is 5.92 Å². The van der Waals surface area contributed by atoms with Gasteiger partial charge >= 0.3 is 0 Å². The number of halogens is 2. The molecule has 0 radical (unpaired) electrons. The maximum Gasteiger partial charge on any atom is 0.251 e. The smallest absolute Gasteiger partial charge is 0.251 e. The normalized spacial score (nSPS) is 17.2. The minimum Gasteiger partial charge on any atom is -0.354 e. The molecule has 0 saturated carbocycles. The summed E-state index contributed by atoms with van der Waals surface area (Å²) in [6.07, 6.45) is 1.97. The van der Waals surface area contributed by atoms with Gasteiger partial charge in [-0.15, -0.1) is 12.4 Å². The van der Waals surface area contributed by atoms with Crippen LogP contribution in [0.5, 0.6) is 0 Å². The van der Waals surface area contributed by atoms with Gasteiger partial charge in [-0.25, -0.2) is 0 Å². The number of nitrogens with one attached hydrogen (secondary N) is 3. The van der Waals surface area contributed by atoms with Crippen LogP contribution in [0.4, 0.5) is 0 Å². The number of hydrogen-bond acceptors (Lipinski definition) is 3. The quantitative estimate of drug-likeness (QED) is 0.671. The highest BCUT2D eigenvalue weighted by Crippen LogP contribution is 2.10. The predicted molar refractivity (Wildman–Crippen MR) is 92.3 cm³/mol. The number of carbonyl (C=O) groups is 2. The van der Waals surface area contributed by atoms with Crippen molar-refractivity contribution >= 4 is 40.2 Å². The van der Waals surface area contributed by atoms with Crippen molar-refractivity contribution in [3.05, 3.63) is 34.3 Å². The molecule has 1 unspecified atom stereocenters. The zero-order valence-corrected chi connectivity index (χ0v) is 14.6. The number of hydrogen-bond donors (Lipinski definition) is 3. The molecule has 1 atom stereocenters. The van der Waals surface area contributed by atoms with Crippen LogP contribution in [0.25, 0.3) is 0 Å². The number of piperidine rings is 1. The summed E-state index contributed by atoms with van der Waals surface area (Å²) in [5.41, 5.74) is 0.612. The topological polar surface area (TPSA) is 70.2 Å². The Kier molecular flexibility index (Phi) is 8.45. The van der Waals surface area contributed by atoms with Crippen LogP contribution in [0.15, 0.2) is 28.7 Å². The van der Waals surface area contributed by atoms with Crippen LogP contribution in [0.1, 0.15) is 23.2 Å². The summed E-state index contributed by atoms with van der Waals surface area (Å²) in [6, 6.07) is 7.16. The Balaban J connectivity index is 0.00000242. The van der Waals surface area contributed by atoms with E-state index in [1.807, 2.05) is 12.1 Å². The fraction of sp³-hybridized carbons (Fsp3) is 0.467. The van der Waals surface area contributed by atoms with Crippen LogP contribution in [-0.4, -0.2) is 38.0 Å². The Bertz CT molecular complexity index is 490. The van der Waals surface area contributed by atoms with E-state index in [2.05, 4.69) is 31.9 Å². The van der Waals surface area contributed by atoms with Crippen LogP contribution in [0, 0.1) is 5.92 Å². The van der Waals surface area contributed by atoms with Gasteiger partial charge in [-0.3, -0.25) is 9.59 Å². The average molecular weight is 391 g/mol. The van der Waals surface area contributed by atoms with Crippen LogP contribution in [0.2, 0.25) is 0 Å². The van der Waals surface area contributed by atoms with Gasteiger partial charge in [0.15, 0.2) is 0 Å². The summed E-state index contributed by atoms with van der Waals surface area (Å²) in [6.45, 7) is 2.63. The highest BCUT2D eigenvalue weighted by atomic mass is 79.9. The molecule has 1 aliphatic heterocycles. The second-order valence-electron chi connectivity index (χ2n) is 5.10. The molecule has 3 N–H and O–H groups in total. The molecule has 0 aromatic heterocycles. The van der Waals surface area contributed by atoms with Crippen molar-refractivity contribution in [2.24, 2.45) is 5.92 Å². The first-order chi connectivity index (χ1) is 10.2. The van der Waals surface area contributed by atoms with E-state index >= 15 is 0 Å². The van der Waals surface area contributed by atoms with Crippen LogP contribution >= 0.6 is 28.3 Å². The summed E-state index contributed by atoms with van der Waals surface area (Å²) in [4.78, 5) is 23.7. The van der Waals surface area contributed by atoms with Crippen LogP contribution in [-0.2, 0) is 4.79 Å². The fourth-order valence-electron chi connectivity index (χ4n) is 2.29. The number of amides is 2. The van der Waals surface area contributed by atoms with Crippen LogP contribution < -0.4 is 16.0 Å². The Morgan fingerprint density at radius 1 is 1.18 bits per heavy atom. The first-order valence-corrected chi connectivity index (χ1v) is 7.98. The van der Waals surface area contributed by atoms with Gasteiger partial charge in [-0.1, -0.05) is 15.9 Å². The van der Waals surface area contributed by atoms with Gasteiger partial charge < -0.3 is 16.0 Å². The molecule has 1 saturated heterocycles. The molecule has 1 heterocycles. The highest BCUT2D eigenvalue weighted by Gasteiger charge is 2.20. The van der Waals surface area contributed by atoms with Crippen LogP contribution in [0.3, 0.4) is 0 Å². The van der Waals surface area contributed by atoms with E-state index in [1.54, 1.807) is 12.1 Å². The Hall–Kier alpha value is -1.11. The van der Waals surface area contributed by atoms with Crippen molar-refractivity contribution in [2.45, 2.75) is 12.8 Å². The SMILES string of the molecule is Cl.O=C(NCCNC(=O)C1CCCNC1)c1ccc(Br)cc1. The lowest BCUT2D eigenvalue weighted by Crippen LogP contribution is -2.42. The molecule has 122 valence electrons. The molecule has 1 aliphatic rings. The third-order valence-corrected chi connectivity index (χ3v) is 4.01. The Morgan fingerprint density at radius 2 is 1.86 bits per heavy atom. The lowest BCUT2D eigenvalue weighted by molar-refractivity contribution is -0.125. The molecule has 1 aromatic rings. The molecular formula is C15H21BrClN3O2. The molecule has 7 heteroatoms. The van der Waals surface area contributed by atoms with Gasteiger partial charge in [0.1, 0.15) is 0 Å². The second kappa shape index (κ2) is 9.82. The Labute approximate surface area is 145 Å². The largest absolute Gasteiger partial charge is 0.354 e. The average Bonchev–Trinajstić information content (AvgIpc) is 2.52. The number of benzene rings is 1. The van der Waals surface area contributed by atoms with Crippen molar-refractivity contribution in [2.75, 3.05) is 26.2 Å². The first kappa shape index (κ1) is 18.9. The van der Waals surface area contributed by atoms with Gasteiger partial charge in [0, 0.05) is 29.7 Å². The zero-order valence-electron chi connectivity index (χ0n) is 12.2. The van der Waals surface area contributed by atoms with Crippen molar-refractivity contribution in [3.63, 3.8) is 0 Å². The maximum atomic E-state index is 11.9. The molecule has 2 amide bonds. The zero-order chi connectivity index (χ0) is 15.1. The van der Waals surface area contributed by atoms with E-state index in [9.17, 15) is 9.59 Å². The standard InChI is InChI=1S/C15H20BrN3O2.ClH/c16-13-5-3-11(4-6-13)14(20)18-8-9-19-15(21)12-2-1-7-17-10-12;/h3-6,12,17H,1-2,7-10H2,(H,18,20)(H,19,21);1H. The van der Waals surface area contributed by atoms with Gasteiger partial charge in [0.2, 0.25) is 5.91 Å². The van der Waals surface area contributed by atoms with E-state index in [0.717, 1.165) is 30.4 Å². The van der Waals surface area contributed by atoms with Gasteiger partial charge in [-0.2, -0.15) is 0 Å². The highest BCUT2D eigenvalue weighted by molar-refractivity contribution is 9.10. The molecule has 1 fully saturated rings. The van der Waals surface area contributed by atoms with Gasteiger partial charge in [-0.05, 0) is 43.7 Å². The molecule has 0 bridgehead atoms. The fourth-order valence-corrected chi connectivity index (χ4v) is 2.55. The summed E-state index contributed by atoms with van der Waals surface area (Å²) in [5, 5.41) is 8.88. The van der Waals surface area contributed by atoms with Crippen molar-refractivity contribution < 1.29 is 9.59 Å². The molecule has 5 nitrogen and oxygen atoms in total. The van der Waals surface area contributed by atoms with E-state index in [-0.39, 0.29) is 30.1 Å². The number of carbonyl (C=O) groups excluding carboxylic acids is 2. The third kappa shape index (κ3) is 5.94. The molecule has 2 rings (SSSR count). The van der Waals surface area contributed by atoms with E-state index in [1.165, 1.54) is 0 Å². The maximum absolute atomic E-state index is 11.9. The first-order valence-electron chi connectivity index (χ1n) is 7.19. The van der Waals surface area contributed by atoms with E-state index < -0.39 is 0 Å².